The van der Waals surface area contributed by atoms with Gasteiger partial charge in [0.2, 0.25) is 0 Å². The molecule has 2 aromatic rings. The zero-order chi connectivity index (χ0) is 17.1. The minimum absolute atomic E-state index is 0.00898. The summed E-state index contributed by atoms with van der Waals surface area (Å²) in [7, 11) is 0. The monoisotopic (exact) mass is 328 g/mol. The summed E-state index contributed by atoms with van der Waals surface area (Å²) >= 11 is 0. The van der Waals surface area contributed by atoms with Gasteiger partial charge in [0.25, 0.3) is 11.5 Å². The lowest BCUT2D eigenvalue weighted by atomic mass is 10.0. The number of hydrogen-bond acceptors (Lipinski definition) is 3. The predicted octanol–water partition coefficient (Wildman–Crippen LogP) is 2.66. The number of nitrogens with zero attached hydrogens (tertiary/aromatic N) is 2. The number of ether oxygens (including phenoxy) is 1. The normalized spacial score (nSPS) is 17.9. The van der Waals surface area contributed by atoms with Crippen molar-refractivity contribution in [1.82, 2.24) is 9.47 Å². The van der Waals surface area contributed by atoms with E-state index in [4.69, 9.17) is 4.74 Å². The van der Waals surface area contributed by atoms with Crippen molar-refractivity contribution in [3.05, 3.63) is 40.7 Å². The Bertz CT molecular complexity index is 797. The average molecular weight is 328 g/mol. The van der Waals surface area contributed by atoms with Crippen molar-refractivity contribution >= 4 is 16.8 Å². The van der Waals surface area contributed by atoms with Crippen molar-refractivity contribution in [3.8, 4) is 5.75 Å². The number of likely N-dealkylation sites (tertiary alicyclic amines) is 1. The molecular formula is C19H24N2O3. The van der Waals surface area contributed by atoms with Gasteiger partial charge in [0.15, 0.2) is 6.61 Å². The zero-order valence-corrected chi connectivity index (χ0v) is 14.3. The van der Waals surface area contributed by atoms with Crippen molar-refractivity contribution < 1.29 is 9.53 Å². The minimum Gasteiger partial charge on any atom is -0.483 e. The average Bonchev–Trinajstić information content (AvgIpc) is 2.59. The van der Waals surface area contributed by atoms with E-state index in [0.717, 1.165) is 30.4 Å². The molecule has 0 unspecified atom stereocenters. The first-order valence-electron chi connectivity index (χ1n) is 8.63. The molecule has 24 heavy (non-hydrogen) atoms. The lowest BCUT2D eigenvalue weighted by Gasteiger charge is -2.30. The number of amides is 1. The molecule has 0 N–H and O–H groups in total. The van der Waals surface area contributed by atoms with Crippen molar-refractivity contribution in [2.75, 3.05) is 19.7 Å². The number of para-hydroxylation sites is 1. The summed E-state index contributed by atoms with van der Waals surface area (Å²) in [5.74, 6) is 1.01. The van der Waals surface area contributed by atoms with Gasteiger partial charge in [-0.3, -0.25) is 9.59 Å². The van der Waals surface area contributed by atoms with Gasteiger partial charge in [-0.15, -0.1) is 0 Å². The van der Waals surface area contributed by atoms with Crippen LogP contribution >= 0.6 is 0 Å². The first kappa shape index (κ1) is 16.6. The maximum absolute atomic E-state index is 12.4. The minimum atomic E-state index is -0.106. The van der Waals surface area contributed by atoms with Crippen LogP contribution in [0, 0.1) is 5.92 Å². The molecule has 1 aromatic carbocycles. The Hall–Kier alpha value is -2.30. The maximum atomic E-state index is 12.4. The fraction of sp³-hybridized carbons (Fsp3) is 0.474. The molecule has 5 heteroatoms. The van der Waals surface area contributed by atoms with Crippen LogP contribution in [0.15, 0.2) is 35.1 Å². The Morgan fingerprint density at radius 1 is 1.33 bits per heavy atom. The van der Waals surface area contributed by atoms with E-state index < -0.39 is 0 Å². The molecule has 0 spiro atoms. The second kappa shape index (κ2) is 7.07. The number of fused-ring (bicyclic) bond motifs is 1. The summed E-state index contributed by atoms with van der Waals surface area (Å²) in [5.41, 5.74) is 0.729. The third-order valence-electron chi connectivity index (χ3n) is 4.66. The van der Waals surface area contributed by atoms with Crippen LogP contribution in [0.25, 0.3) is 10.9 Å². The van der Waals surface area contributed by atoms with E-state index in [2.05, 4.69) is 6.92 Å². The van der Waals surface area contributed by atoms with Gasteiger partial charge in [-0.25, -0.2) is 0 Å². The Morgan fingerprint density at radius 2 is 2.12 bits per heavy atom. The third kappa shape index (κ3) is 3.30. The van der Waals surface area contributed by atoms with Gasteiger partial charge in [0.05, 0.1) is 5.52 Å². The van der Waals surface area contributed by atoms with Gasteiger partial charge in [0, 0.05) is 31.1 Å². The largest absolute Gasteiger partial charge is 0.483 e. The first-order valence-corrected chi connectivity index (χ1v) is 8.63. The second-order valence-electron chi connectivity index (χ2n) is 6.48. The van der Waals surface area contributed by atoms with Gasteiger partial charge >= 0.3 is 0 Å². The molecule has 1 aliphatic heterocycles. The fourth-order valence-corrected chi connectivity index (χ4v) is 3.40. The number of pyridine rings is 1. The Morgan fingerprint density at radius 3 is 2.88 bits per heavy atom. The number of carbonyl (C=O) groups excluding carboxylic acids is 1. The Kier molecular flexibility index (Phi) is 4.88. The molecule has 1 saturated heterocycles. The number of benzene rings is 1. The number of carbonyl (C=O) groups is 1. The van der Waals surface area contributed by atoms with Crippen LogP contribution in [-0.2, 0) is 11.3 Å². The smallest absolute Gasteiger partial charge is 0.260 e. The quantitative estimate of drug-likeness (QED) is 0.867. The predicted molar refractivity (Wildman–Crippen MR) is 94.4 cm³/mol. The molecule has 1 atom stereocenters. The summed E-state index contributed by atoms with van der Waals surface area (Å²) in [6.07, 6.45) is 2.22. The van der Waals surface area contributed by atoms with Crippen LogP contribution in [0.3, 0.4) is 0 Å². The number of aromatic nitrogens is 1. The highest BCUT2D eigenvalue weighted by Crippen LogP contribution is 2.24. The van der Waals surface area contributed by atoms with E-state index in [1.165, 1.54) is 12.5 Å². The van der Waals surface area contributed by atoms with Crippen LogP contribution in [0.2, 0.25) is 0 Å². The summed E-state index contributed by atoms with van der Waals surface area (Å²) in [6, 6.07) is 9.12. The van der Waals surface area contributed by atoms with Crippen LogP contribution in [0.4, 0.5) is 0 Å². The van der Waals surface area contributed by atoms with Crippen LogP contribution in [-0.4, -0.2) is 35.1 Å². The molecule has 3 rings (SSSR count). The lowest BCUT2D eigenvalue weighted by molar-refractivity contribution is -0.135. The molecule has 128 valence electrons. The molecule has 0 aliphatic carbocycles. The molecule has 5 nitrogen and oxygen atoms in total. The van der Waals surface area contributed by atoms with Crippen LogP contribution in [0.1, 0.15) is 26.7 Å². The lowest BCUT2D eigenvalue weighted by Crippen LogP contribution is -2.41. The Labute approximate surface area is 141 Å². The summed E-state index contributed by atoms with van der Waals surface area (Å²) in [5, 5.41) is 0.860. The van der Waals surface area contributed by atoms with E-state index in [1.807, 2.05) is 36.1 Å². The summed E-state index contributed by atoms with van der Waals surface area (Å²) in [4.78, 5) is 26.5. The topological polar surface area (TPSA) is 51.5 Å². The maximum Gasteiger partial charge on any atom is 0.260 e. The van der Waals surface area contributed by atoms with Crippen LogP contribution in [0.5, 0.6) is 5.75 Å². The van der Waals surface area contributed by atoms with Crippen molar-refractivity contribution in [1.29, 1.82) is 0 Å². The fourth-order valence-electron chi connectivity index (χ4n) is 3.40. The van der Waals surface area contributed by atoms with Gasteiger partial charge in [-0.2, -0.15) is 0 Å². The number of piperidine rings is 1. The third-order valence-corrected chi connectivity index (χ3v) is 4.66. The van der Waals surface area contributed by atoms with Crippen molar-refractivity contribution in [2.45, 2.75) is 33.2 Å². The van der Waals surface area contributed by atoms with Crippen molar-refractivity contribution in [2.24, 2.45) is 5.92 Å². The summed E-state index contributed by atoms with van der Waals surface area (Å²) < 4.78 is 7.45. The Balaban J connectivity index is 1.80. The van der Waals surface area contributed by atoms with Crippen LogP contribution < -0.4 is 10.3 Å². The highest BCUT2D eigenvalue weighted by molar-refractivity contribution is 5.86. The number of aryl methyl sites for hydroxylation is 1. The van der Waals surface area contributed by atoms with Gasteiger partial charge in [0.1, 0.15) is 5.75 Å². The van der Waals surface area contributed by atoms with Crippen molar-refractivity contribution in [3.63, 3.8) is 0 Å². The van der Waals surface area contributed by atoms with E-state index >= 15 is 0 Å². The van der Waals surface area contributed by atoms with E-state index in [1.54, 1.807) is 4.57 Å². The molecule has 0 saturated carbocycles. The summed E-state index contributed by atoms with van der Waals surface area (Å²) in [6.45, 7) is 6.27. The molecule has 1 aromatic heterocycles. The van der Waals surface area contributed by atoms with Gasteiger partial charge in [-0.1, -0.05) is 19.1 Å². The molecule has 0 radical (unpaired) electrons. The molecule has 2 heterocycles. The molecule has 1 aliphatic rings. The van der Waals surface area contributed by atoms with E-state index in [9.17, 15) is 9.59 Å². The zero-order valence-electron chi connectivity index (χ0n) is 14.3. The van der Waals surface area contributed by atoms with Gasteiger partial charge in [-0.05, 0) is 37.8 Å². The van der Waals surface area contributed by atoms with Gasteiger partial charge < -0.3 is 14.2 Å². The van der Waals surface area contributed by atoms with E-state index in [-0.39, 0.29) is 18.1 Å². The molecular weight excluding hydrogens is 304 g/mol. The SMILES string of the molecule is CCn1c(=O)cc(OCC(=O)N2CCC[C@@H](C)C2)c2ccccc21. The highest BCUT2D eigenvalue weighted by Gasteiger charge is 2.21. The number of rotatable bonds is 4. The first-order chi connectivity index (χ1) is 11.6. The molecule has 1 fully saturated rings. The second-order valence-corrected chi connectivity index (χ2v) is 6.48. The highest BCUT2D eigenvalue weighted by atomic mass is 16.5. The standard InChI is InChI=1S/C19H24N2O3/c1-3-21-16-9-5-4-8-15(16)17(11-18(21)22)24-13-19(23)20-10-6-7-14(2)12-20/h4-5,8-9,11,14H,3,6-7,10,12-13H2,1-2H3/t14-/m1/s1. The molecule has 1 amide bonds. The molecule has 0 bridgehead atoms. The number of hydrogen-bond donors (Lipinski definition) is 0. The van der Waals surface area contributed by atoms with E-state index in [0.29, 0.717) is 18.2 Å².